The van der Waals surface area contributed by atoms with Crippen LogP contribution < -0.4 is 10.2 Å². The molecule has 0 atom stereocenters. The Bertz CT molecular complexity index is 967. The molecule has 0 unspecified atom stereocenters. The number of amides is 1. The van der Waals surface area contributed by atoms with E-state index in [4.69, 9.17) is 4.74 Å². The molecule has 0 aromatic heterocycles. The molecule has 6 heteroatoms. The van der Waals surface area contributed by atoms with Gasteiger partial charge in [0.15, 0.2) is 11.5 Å². The number of hydrogen-bond acceptors (Lipinski definition) is 5. The van der Waals surface area contributed by atoms with Gasteiger partial charge in [-0.05, 0) is 46.7 Å². The number of nitrogens with zero attached hydrogens (tertiary/aromatic N) is 1. The Hall–Kier alpha value is -3.54. The van der Waals surface area contributed by atoms with Crippen LogP contribution in [0.2, 0.25) is 0 Å². The van der Waals surface area contributed by atoms with Crippen LogP contribution in [0.5, 0.6) is 17.2 Å². The van der Waals surface area contributed by atoms with Crippen LogP contribution in [0, 0.1) is 0 Å². The zero-order chi connectivity index (χ0) is 17.8. The zero-order valence-electron chi connectivity index (χ0n) is 13.4. The second kappa shape index (κ2) is 6.92. The molecule has 0 aliphatic rings. The smallest absolute Gasteiger partial charge is 0.275 e. The summed E-state index contributed by atoms with van der Waals surface area (Å²) in [6.45, 7) is 0. The number of carbonyl (C=O) groups excluding carboxylic acids is 1. The van der Waals surface area contributed by atoms with Crippen molar-refractivity contribution in [1.82, 2.24) is 5.43 Å². The van der Waals surface area contributed by atoms with E-state index in [1.165, 1.54) is 19.4 Å². The topological polar surface area (TPSA) is 91.2 Å². The van der Waals surface area contributed by atoms with Crippen molar-refractivity contribution in [2.75, 3.05) is 7.11 Å². The molecule has 0 bridgehead atoms. The van der Waals surface area contributed by atoms with Gasteiger partial charge < -0.3 is 14.9 Å². The van der Waals surface area contributed by atoms with Gasteiger partial charge in [-0.3, -0.25) is 4.79 Å². The summed E-state index contributed by atoms with van der Waals surface area (Å²) in [6, 6.07) is 15.3. The third-order valence-corrected chi connectivity index (χ3v) is 3.69. The monoisotopic (exact) mass is 336 g/mol. The molecule has 25 heavy (non-hydrogen) atoms. The predicted octanol–water partition coefficient (Wildman–Crippen LogP) is 3.02. The minimum atomic E-state index is -0.523. The van der Waals surface area contributed by atoms with Gasteiger partial charge in [-0.2, -0.15) is 5.10 Å². The first-order valence-corrected chi connectivity index (χ1v) is 7.50. The maximum absolute atomic E-state index is 12.2. The molecular formula is C19H16N2O4. The number of ether oxygens (including phenoxy) is 1. The third kappa shape index (κ3) is 3.53. The number of benzene rings is 3. The highest BCUT2D eigenvalue weighted by Gasteiger charge is 2.11. The largest absolute Gasteiger partial charge is 0.507 e. The number of fused-ring (bicyclic) bond motifs is 1. The fourth-order valence-corrected chi connectivity index (χ4v) is 2.41. The number of methoxy groups -OCH3 is 1. The van der Waals surface area contributed by atoms with E-state index >= 15 is 0 Å². The summed E-state index contributed by atoms with van der Waals surface area (Å²) in [7, 11) is 1.44. The van der Waals surface area contributed by atoms with Crippen LogP contribution >= 0.6 is 0 Å². The quantitative estimate of drug-likeness (QED) is 0.504. The lowest BCUT2D eigenvalue weighted by molar-refractivity contribution is 0.0952. The number of carbonyl (C=O) groups is 1. The number of nitrogens with one attached hydrogen (secondary N) is 1. The predicted molar refractivity (Wildman–Crippen MR) is 95.3 cm³/mol. The summed E-state index contributed by atoms with van der Waals surface area (Å²) in [4.78, 5) is 12.2. The fraction of sp³-hybridized carbons (Fsp3) is 0.0526. The fourth-order valence-electron chi connectivity index (χ4n) is 2.41. The van der Waals surface area contributed by atoms with Gasteiger partial charge in [-0.15, -0.1) is 0 Å². The Balaban J connectivity index is 1.77. The van der Waals surface area contributed by atoms with E-state index in [1.54, 1.807) is 24.3 Å². The first-order chi connectivity index (χ1) is 12.1. The molecule has 1 amide bonds. The number of hydrazone groups is 1. The Labute approximate surface area is 144 Å². The normalized spacial score (nSPS) is 10.9. The molecule has 0 radical (unpaired) electrons. The lowest BCUT2D eigenvalue weighted by Gasteiger charge is -2.06. The molecule has 0 saturated carbocycles. The molecule has 0 fully saturated rings. The van der Waals surface area contributed by atoms with Crippen LogP contribution in [0.3, 0.4) is 0 Å². The molecule has 0 saturated heterocycles. The van der Waals surface area contributed by atoms with Gasteiger partial charge in [0.25, 0.3) is 5.91 Å². The van der Waals surface area contributed by atoms with E-state index in [1.807, 2.05) is 24.3 Å². The molecule has 3 aromatic carbocycles. The molecule has 3 rings (SSSR count). The highest BCUT2D eigenvalue weighted by atomic mass is 16.5. The maximum atomic E-state index is 12.2. The standard InChI is InChI=1S/C19H16N2O4/c1-25-18-8-12(6-7-16(18)22)11-20-21-19(24)15-9-13-4-2-3-5-14(13)10-17(15)23/h2-11,22-23H,1H3,(H,21,24)/b20-11-. The van der Waals surface area contributed by atoms with Crippen molar-refractivity contribution in [3.05, 3.63) is 65.7 Å². The molecular weight excluding hydrogens is 320 g/mol. The van der Waals surface area contributed by atoms with Gasteiger partial charge >= 0.3 is 0 Å². The summed E-state index contributed by atoms with van der Waals surface area (Å²) in [5.41, 5.74) is 3.15. The van der Waals surface area contributed by atoms with Crippen LogP contribution in [0.4, 0.5) is 0 Å². The van der Waals surface area contributed by atoms with Crippen molar-refractivity contribution in [2.45, 2.75) is 0 Å². The van der Waals surface area contributed by atoms with Gasteiger partial charge in [-0.1, -0.05) is 24.3 Å². The van der Waals surface area contributed by atoms with E-state index in [2.05, 4.69) is 10.5 Å². The second-order valence-electron chi connectivity index (χ2n) is 5.35. The SMILES string of the molecule is COc1cc(/C=N\NC(=O)c2cc3ccccc3cc2O)ccc1O. The molecule has 0 aliphatic heterocycles. The van der Waals surface area contributed by atoms with Crippen LogP contribution in [0.25, 0.3) is 10.8 Å². The average Bonchev–Trinajstić information content (AvgIpc) is 2.62. The van der Waals surface area contributed by atoms with Crippen molar-refractivity contribution >= 4 is 22.9 Å². The molecule has 0 heterocycles. The lowest BCUT2D eigenvalue weighted by Crippen LogP contribution is -2.17. The Kier molecular flexibility index (Phi) is 4.52. The molecule has 126 valence electrons. The van der Waals surface area contributed by atoms with Gasteiger partial charge in [0, 0.05) is 0 Å². The lowest BCUT2D eigenvalue weighted by atomic mass is 10.1. The van der Waals surface area contributed by atoms with E-state index < -0.39 is 5.91 Å². The van der Waals surface area contributed by atoms with E-state index in [0.717, 1.165) is 10.8 Å². The minimum Gasteiger partial charge on any atom is -0.507 e. The van der Waals surface area contributed by atoms with Crippen LogP contribution in [0.15, 0.2) is 59.7 Å². The molecule has 3 aromatic rings. The summed E-state index contributed by atoms with van der Waals surface area (Å²) < 4.78 is 5.01. The summed E-state index contributed by atoms with van der Waals surface area (Å²) in [5, 5.41) is 25.1. The van der Waals surface area contributed by atoms with Crippen LogP contribution in [-0.2, 0) is 0 Å². The second-order valence-corrected chi connectivity index (χ2v) is 5.35. The molecule has 0 aliphatic carbocycles. The van der Waals surface area contributed by atoms with Gasteiger partial charge in [0.1, 0.15) is 5.75 Å². The maximum Gasteiger partial charge on any atom is 0.275 e. The van der Waals surface area contributed by atoms with Crippen molar-refractivity contribution in [3.63, 3.8) is 0 Å². The molecule has 3 N–H and O–H groups in total. The number of rotatable bonds is 4. The third-order valence-electron chi connectivity index (χ3n) is 3.69. The number of aromatic hydroxyl groups is 2. The van der Waals surface area contributed by atoms with Gasteiger partial charge in [-0.25, -0.2) is 5.43 Å². The highest BCUT2D eigenvalue weighted by molar-refractivity contribution is 6.01. The Morgan fingerprint density at radius 1 is 1.04 bits per heavy atom. The zero-order valence-corrected chi connectivity index (χ0v) is 13.4. The van der Waals surface area contributed by atoms with E-state index in [0.29, 0.717) is 11.3 Å². The van der Waals surface area contributed by atoms with E-state index in [-0.39, 0.29) is 17.1 Å². The van der Waals surface area contributed by atoms with Crippen LogP contribution in [0.1, 0.15) is 15.9 Å². The first kappa shape index (κ1) is 16.3. The van der Waals surface area contributed by atoms with Crippen LogP contribution in [-0.4, -0.2) is 29.4 Å². The van der Waals surface area contributed by atoms with E-state index in [9.17, 15) is 15.0 Å². The van der Waals surface area contributed by atoms with Crippen molar-refractivity contribution < 1.29 is 19.7 Å². The Morgan fingerprint density at radius 3 is 2.48 bits per heavy atom. The van der Waals surface area contributed by atoms with Gasteiger partial charge in [0.05, 0.1) is 18.9 Å². The number of hydrogen-bond donors (Lipinski definition) is 3. The first-order valence-electron chi connectivity index (χ1n) is 7.50. The Morgan fingerprint density at radius 2 is 1.76 bits per heavy atom. The summed E-state index contributed by atoms with van der Waals surface area (Å²) in [6.07, 6.45) is 1.41. The molecule has 0 spiro atoms. The summed E-state index contributed by atoms with van der Waals surface area (Å²) in [5.74, 6) is -0.310. The number of phenolic OH excluding ortho intramolecular Hbond substituents is 2. The number of phenols is 2. The van der Waals surface area contributed by atoms with Crippen molar-refractivity contribution in [3.8, 4) is 17.2 Å². The highest BCUT2D eigenvalue weighted by Crippen LogP contribution is 2.26. The van der Waals surface area contributed by atoms with Crippen molar-refractivity contribution in [2.24, 2.45) is 5.10 Å². The average molecular weight is 336 g/mol. The summed E-state index contributed by atoms with van der Waals surface area (Å²) >= 11 is 0. The van der Waals surface area contributed by atoms with Crippen molar-refractivity contribution in [1.29, 1.82) is 0 Å². The van der Waals surface area contributed by atoms with Gasteiger partial charge in [0.2, 0.25) is 0 Å². The molecule has 6 nitrogen and oxygen atoms in total. The minimum absolute atomic E-state index is 0.0183.